The number of carbonyl (C=O) groups excluding carboxylic acids is 1. The van der Waals surface area contributed by atoms with E-state index in [0.29, 0.717) is 12.5 Å². The molecule has 0 atom stereocenters. The Hall–Kier alpha value is -3.46. The first kappa shape index (κ1) is 17.9. The van der Waals surface area contributed by atoms with E-state index < -0.39 is 4.92 Å². The first-order chi connectivity index (χ1) is 13.6. The van der Waals surface area contributed by atoms with Gasteiger partial charge in [-0.3, -0.25) is 25.1 Å². The van der Waals surface area contributed by atoms with Crippen LogP contribution >= 0.6 is 0 Å². The summed E-state index contributed by atoms with van der Waals surface area (Å²) in [6, 6.07) is 14.2. The molecule has 2 heterocycles. The monoisotopic (exact) mass is 380 g/mol. The van der Waals surface area contributed by atoms with Crippen LogP contribution in [-0.4, -0.2) is 58.4 Å². The molecular formula is C19H20N6O3. The molecule has 1 amide bonds. The number of nitro groups is 1. The van der Waals surface area contributed by atoms with Gasteiger partial charge in [-0.05, 0) is 24.3 Å². The summed E-state index contributed by atoms with van der Waals surface area (Å²) in [5, 5.41) is 13.6. The van der Waals surface area contributed by atoms with Gasteiger partial charge in [-0.15, -0.1) is 0 Å². The van der Waals surface area contributed by atoms with Crippen LogP contribution in [0.1, 0.15) is 0 Å². The first-order valence-corrected chi connectivity index (χ1v) is 9.05. The van der Waals surface area contributed by atoms with Crippen molar-refractivity contribution in [3.05, 3.63) is 58.6 Å². The van der Waals surface area contributed by atoms with Gasteiger partial charge in [-0.25, -0.2) is 4.98 Å². The minimum absolute atomic E-state index is 0.0876. The first-order valence-electron chi connectivity index (χ1n) is 9.05. The van der Waals surface area contributed by atoms with Crippen LogP contribution in [-0.2, 0) is 4.79 Å². The molecule has 9 nitrogen and oxygen atoms in total. The van der Waals surface area contributed by atoms with Crippen molar-refractivity contribution in [3.8, 4) is 0 Å². The summed E-state index contributed by atoms with van der Waals surface area (Å²) in [4.78, 5) is 34.4. The Labute approximate surface area is 161 Å². The van der Waals surface area contributed by atoms with Gasteiger partial charge in [0.05, 0.1) is 22.5 Å². The molecule has 28 heavy (non-hydrogen) atoms. The smallest absolute Gasteiger partial charge is 0.269 e. The maximum absolute atomic E-state index is 12.3. The standard InChI is InChI=1S/C19H20N6O3/c26-18(22-19-20-16-3-1-2-4-17(16)21-19)13-23-9-11-24(12-10-23)14-5-7-15(8-6-14)25(27)28/h1-8H,9-13H2,(H2,20,21,22,26). The zero-order valence-corrected chi connectivity index (χ0v) is 15.2. The molecule has 4 rings (SSSR count). The van der Waals surface area contributed by atoms with Crippen molar-refractivity contribution in [3.63, 3.8) is 0 Å². The lowest BCUT2D eigenvalue weighted by Crippen LogP contribution is -2.48. The molecule has 9 heteroatoms. The van der Waals surface area contributed by atoms with E-state index in [1.54, 1.807) is 12.1 Å². The fraction of sp³-hybridized carbons (Fsp3) is 0.263. The Balaban J connectivity index is 1.29. The molecule has 1 fully saturated rings. The molecule has 1 aliphatic rings. The lowest BCUT2D eigenvalue weighted by molar-refractivity contribution is -0.384. The van der Waals surface area contributed by atoms with Crippen LogP contribution in [0, 0.1) is 10.1 Å². The third-order valence-electron chi connectivity index (χ3n) is 4.81. The van der Waals surface area contributed by atoms with E-state index in [9.17, 15) is 14.9 Å². The molecule has 0 radical (unpaired) electrons. The summed E-state index contributed by atoms with van der Waals surface area (Å²) < 4.78 is 0. The second kappa shape index (κ2) is 7.65. The summed E-state index contributed by atoms with van der Waals surface area (Å²) >= 11 is 0. The topological polar surface area (TPSA) is 107 Å². The van der Waals surface area contributed by atoms with Crippen molar-refractivity contribution in [1.82, 2.24) is 14.9 Å². The molecule has 0 aliphatic carbocycles. The van der Waals surface area contributed by atoms with E-state index in [4.69, 9.17) is 0 Å². The van der Waals surface area contributed by atoms with E-state index in [-0.39, 0.29) is 11.6 Å². The number of fused-ring (bicyclic) bond motifs is 1. The second-order valence-electron chi connectivity index (χ2n) is 6.69. The van der Waals surface area contributed by atoms with Crippen molar-refractivity contribution in [1.29, 1.82) is 0 Å². The second-order valence-corrected chi connectivity index (χ2v) is 6.69. The number of aromatic amines is 1. The molecule has 0 saturated carbocycles. The Bertz CT molecular complexity index is 959. The number of nitro benzene ring substituents is 1. The zero-order valence-electron chi connectivity index (χ0n) is 15.2. The maximum Gasteiger partial charge on any atom is 0.269 e. The Kier molecular flexibility index (Phi) is 4.90. The average molecular weight is 380 g/mol. The molecular weight excluding hydrogens is 360 g/mol. The number of carbonyl (C=O) groups is 1. The number of benzene rings is 2. The average Bonchev–Trinajstić information content (AvgIpc) is 3.10. The zero-order chi connectivity index (χ0) is 19.5. The van der Waals surface area contributed by atoms with Crippen molar-refractivity contribution in [2.45, 2.75) is 0 Å². The van der Waals surface area contributed by atoms with Gasteiger partial charge < -0.3 is 9.88 Å². The van der Waals surface area contributed by atoms with E-state index >= 15 is 0 Å². The SMILES string of the molecule is O=C(CN1CCN(c2ccc([N+](=O)[O-])cc2)CC1)Nc1nc2ccccc2[nH]1. The summed E-state index contributed by atoms with van der Waals surface area (Å²) in [6.45, 7) is 3.30. The quantitative estimate of drug-likeness (QED) is 0.519. The fourth-order valence-corrected chi connectivity index (χ4v) is 3.34. The lowest BCUT2D eigenvalue weighted by Gasteiger charge is -2.35. The minimum atomic E-state index is -0.400. The number of rotatable bonds is 5. The van der Waals surface area contributed by atoms with Crippen molar-refractivity contribution >= 4 is 34.3 Å². The van der Waals surface area contributed by atoms with Gasteiger partial charge in [0.15, 0.2) is 0 Å². The molecule has 144 valence electrons. The van der Waals surface area contributed by atoms with Gasteiger partial charge in [0.1, 0.15) is 0 Å². The van der Waals surface area contributed by atoms with Crippen LogP contribution in [0.3, 0.4) is 0 Å². The molecule has 3 aromatic rings. The summed E-state index contributed by atoms with van der Waals surface area (Å²) in [6.07, 6.45) is 0. The summed E-state index contributed by atoms with van der Waals surface area (Å²) in [5.74, 6) is 0.346. The van der Waals surface area contributed by atoms with Crippen LogP contribution in [0.2, 0.25) is 0 Å². The summed E-state index contributed by atoms with van der Waals surface area (Å²) in [5.41, 5.74) is 2.74. The highest BCUT2D eigenvalue weighted by atomic mass is 16.6. The fourth-order valence-electron chi connectivity index (χ4n) is 3.34. The van der Waals surface area contributed by atoms with Crippen LogP contribution in [0.15, 0.2) is 48.5 Å². The van der Waals surface area contributed by atoms with Gasteiger partial charge in [-0.2, -0.15) is 0 Å². The molecule has 2 N–H and O–H groups in total. The minimum Gasteiger partial charge on any atom is -0.369 e. The molecule has 1 aromatic heterocycles. The Morgan fingerprint density at radius 3 is 2.50 bits per heavy atom. The van der Waals surface area contributed by atoms with E-state index in [2.05, 4.69) is 25.1 Å². The van der Waals surface area contributed by atoms with Crippen LogP contribution < -0.4 is 10.2 Å². The van der Waals surface area contributed by atoms with E-state index in [0.717, 1.165) is 42.9 Å². The van der Waals surface area contributed by atoms with E-state index in [1.807, 2.05) is 24.3 Å². The number of non-ortho nitro benzene ring substituents is 1. The number of hydrogen-bond acceptors (Lipinski definition) is 6. The van der Waals surface area contributed by atoms with Gasteiger partial charge >= 0.3 is 0 Å². The predicted octanol–water partition coefficient (Wildman–Crippen LogP) is 2.23. The predicted molar refractivity (Wildman–Crippen MR) is 106 cm³/mol. The maximum atomic E-state index is 12.3. The highest BCUT2D eigenvalue weighted by Gasteiger charge is 2.20. The van der Waals surface area contributed by atoms with Gasteiger partial charge in [0.25, 0.3) is 5.69 Å². The van der Waals surface area contributed by atoms with Crippen LogP contribution in [0.25, 0.3) is 11.0 Å². The number of hydrogen-bond donors (Lipinski definition) is 2. The van der Waals surface area contributed by atoms with Crippen LogP contribution in [0.5, 0.6) is 0 Å². The van der Waals surface area contributed by atoms with Crippen LogP contribution in [0.4, 0.5) is 17.3 Å². The van der Waals surface area contributed by atoms with Crippen molar-refractivity contribution < 1.29 is 9.72 Å². The number of nitrogens with one attached hydrogen (secondary N) is 2. The number of piperazine rings is 1. The number of amides is 1. The lowest BCUT2D eigenvalue weighted by atomic mass is 10.2. The molecule has 2 aromatic carbocycles. The molecule has 1 saturated heterocycles. The number of nitrogens with zero attached hydrogens (tertiary/aromatic N) is 4. The van der Waals surface area contributed by atoms with Crippen molar-refractivity contribution in [2.24, 2.45) is 0 Å². The Morgan fingerprint density at radius 1 is 1.11 bits per heavy atom. The van der Waals surface area contributed by atoms with Gasteiger partial charge in [0, 0.05) is 44.0 Å². The van der Waals surface area contributed by atoms with Gasteiger partial charge in [-0.1, -0.05) is 12.1 Å². The molecule has 0 spiro atoms. The summed E-state index contributed by atoms with van der Waals surface area (Å²) in [7, 11) is 0. The highest BCUT2D eigenvalue weighted by molar-refractivity contribution is 5.92. The third kappa shape index (κ3) is 3.94. The van der Waals surface area contributed by atoms with Gasteiger partial charge in [0.2, 0.25) is 11.9 Å². The molecule has 0 bridgehead atoms. The Morgan fingerprint density at radius 2 is 1.82 bits per heavy atom. The number of aromatic nitrogens is 2. The third-order valence-corrected chi connectivity index (χ3v) is 4.81. The number of para-hydroxylation sites is 2. The largest absolute Gasteiger partial charge is 0.369 e. The normalized spacial score (nSPS) is 14.9. The molecule has 1 aliphatic heterocycles. The number of imidazole rings is 1. The highest BCUT2D eigenvalue weighted by Crippen LogP contribution is 2.20. The number of H-pyrrole nitrogens is 1. The molecule has 0 unspecified atom stereocenters. The van der Waals surface area contributed by atoms with Crippen molar-refractivity contribution in [2.75, 3.05) is 42.9 Å². The van der Waals surface area contributed by atoms with E-state index in [1.165, 1.54) is 12.1 Å². The number of anilines is 2.